The SMILES string of the molecule is CC(C)(C)C(=O)c1ccc(OCc2cccc(F)c2)c(F)c1. The number of hydrogen-bond donors (Lipinski definition) is 0. The van der Waals surface area contributed by atoms with Gasteiger partial charge >= 0.3 is 0 Å². The van der Waals surface area contributed by atoms with Gasteiger partial charge in [0.15, 0.2) is 17.3 Å². The van der Waals surface area contributed by atoms with Gasteiger partial charge in [-0.3, -0.25) is 4.79 Å². The summed E-state index contributed by atoms with van der Waals surface area (Å²) in [6.07, 6.45) is 0. The van der Waals surface area contributed by atoms with E-state index in [2.05, 4.69) is 0 Å². The van der Waals surface area contributed by atoms with Crippen LogP contribution in [0.4, 0.5) is 8.78 Å². The summed E-state index contributed by atoms with van der Waals surface area (Å²) in [5.74, 6) is -1.07. The third kappa shape index (κ3) is 3.91. The van der Waals surface area contributed by atoms with Crippen LogP contribution >= 0.6 is 0 Å². The van der Waals surface area contributed by atoms with Gasteiger partial charge in [-0.05, 0) is 35.9 Å². The molecule has 2 aromatic carbocycles. The van der Waals surface area contributed by atoms with Crippen LogP contribution in [0.25, 0.3) is 0 Å². The molecular weight excluding hydrogens is 286 g/mol. The summed E-state index contributed by atoms with van der Waals surface area (Å²) in [4.78, 5) is 12.1. The average Bonchev–Trinajstić information content (AvgIpc) is 2.44. The molecule has 0 spiro atoms. The van der Waals surface area contributed by atoms with Gasteiger partial charge < -0.3 is 4.74 Å². The number of hydrogen-bond acceptors (Lipinski definition) is 2. The Balaban J connectivity index is 2.12. The number of benzene rings is 2. The molecule has 0 saturated heterocycles. The van der Waals surface area contributed by atoms with Crippen LogP contribution in [0.1, 0.15) is 36.7 Å². The molecule has 0 saturated carbocycles. The molecule has 4 heteroatoms. The Hall–Kier alpha value is -2.23. The van der Waals surface area contributed by atoms with E-state index in [0.717, 1.165) is 0 Å². The average molecular weight is 304 g/mol. The van der Waals surface area contributed by atoms with Gasteiger partial charge in [-0.25, -0.2) is 8.78 Å². The van der Waals surface area contributed by atoms with Crippen LogP contribution < -0.4 is 4.74 Å². The minimum absolute atomic E-state index is 0.0368. The second kappa shape index (κ2) is 6.26. The van der Waals surface area contributed by atoms with Crippen LogP contribution in [0.2, 0.25) is 0 Å². The molecule has 22 heavy (non-hydrogen) atoms. The molecule has 0 aliphatic heterocycles. The second-order valence-electron chi connectivity index (χ2n) is 6.14. The number of ketones is 1. The maximum absolute atomic E-state index is 14.0. The van der Waals surface area contributed by atoms with Gasteiger partial charge in [0.05, 0.1) is 0 Å². The minimum Gasteiger partial charge on any atom is -0.486 e. The molecule has 0 bridgehead atoms. The maximum Gasteiger partial charge on any atom is 0.168 e. The molecule has 0 fully saturated rings. The molecule has 0 atom stereocenters. The standard InChI is InChI=1S/C18H18F2O2/c1-18(2,3)17(21)13-7-8-16(15(20)10-13)22-11-12-5-4-6-14(19)9-12/h4-10H,11H2,1-3H3. The first-order chi connectivity index (χ1) is 10.3. The number of carbonyl (C=O) groups excluding carboxylic acids is 1. The summed E-state index contributed by atoms with van der Waals surface area (Å²) in [6.45, 7) is 5.39. The van der Waals surface area contributed by atoms with Crippen molar-refractivity contribution in [1.29, 1.82) is 0 Å². The van der Waals surface area contributed by atoms with E-state index in [-0.39, 0.29) is 24.0 Å². The normalized spacial score (nSPS) is 11.3. The monoisotopic (exact) mass is 304 g/mol. The van der Waals surface area contributed by atoms with Crippen LogP contribution in [0, 0.1) is 17.0 Å². The maximum atomic E-state index is 14.0. The van der Waals surface area contributed by atoms with Crippen LogP contribution in [0.5, 0.6) is 5.75 Å². The van der Waals surface area contributed by atoms with Gasteiger partial charge in [-0.2, -0.15) is 0 Å². The molecule has 0 amide bonds. The van der Waals surface area contributed by atoms with Gasteiger partial charge in [0.2, 0.25) is 0 Å². The van der Waals surface area contributed by atoms with Gasteiger partial charge in [0, 0.05) is 11.0 Å². The lowest BCUT2D eigenvalue weighted by atomic mass is 9.86. The number of carbonyl (C=O) groups is 1. The van der Waals surface area contributed by atoms with Crippen molar-refractivity contribution >= 4 is 5.78 Å². The molecule has 0 aromatic heterocycles. The summed E-state index contributed by atoms with van der Waals surface area (Å²) < 4.78 is 32.4. The number of halogens is 2. The Labute approximate surface area is 128 Å². The Morgan fingerprint density at radius 3 is 2.41 bits per heavy atom. The fourth-order valence-electron chi connectivity index (χ4n) is 1.98. The number of Topliss-reactive ketones (excluding diaryl/α,β-unsaturated/α-hetero) is 1. The van der Waals surface area contributed by atoms with E-state index in [4.69, 9.17) is 4.74 Å². The highest BCUT2D eigenvalue weighted by Gasteiger charge is 2.23. The summed E-state index contributed by atoms with van der Waals surface area (Å²) in [6, 6.07) is 10.1. The quantitative estimate of drug-likeness (QED) is 0.760. The molecule has 2 aromatic rings. The molecule has 2 rings (SSSR count). The van der Waals surface area contributed by atoms with E-state index in [1.807, 2.05) is 0 Å². The summed E-state index contributed by atoms with van der Waals surface area (Å²) in [7, 11) is 0. The smallest absolute Gasteiger partial charge is 0.168 e. The predicted octanol–water partition coefficient (Wildman–Crippen LogP) is 4.77. The lowest BCUT2D eigenvalue weighted by molar-refractivity contribution is 0.0857. The van der Waals surface area contributed by atoms with Crippen LogP contribution in [0.15, 0.2) is 42.5 Å². The first-order valence-electron chi connectivity index (χ1n) is 6.99. The van der Waals surface area contributed by atoms with Crippen molar-refractivity contribution < 1.29 is 18.3 Å². The zero-order valence-electron chi connectivity index (χ0n) is 12.8. The van der Waals surface area contributed by atoms with Crippen molar-refractivity contribution in [3.63, 3.8) is 0 Å². The molecule has 0 unspecified atom stereocenters. The first-order valence-corrected chi connectivity index (χ1v) is 6.99. The molecule has 0 aliphatic rings. The van der Waals surface area contributed by atoms with Crippen LogP contribution in [-0.4, -0.2) is 5.78 Å². The predicted molar refractivity (Wildman–Crippen MR) is 80.9 cm³/mol. The third-order valence-electron chi connectivity index (χ3n) is 3.16. The fourth-order valence-corrected chi connectivity index (χ4v) is 1.98. The Kier molecular flexibility index (Phi) is 4.59. The third-order valence-corrected chi connectivity index (χ3v) is 3.16. The van der Waals surface area contributed by atoms with E-state index in [0.29, 0.717) is 11.1 Å². The largest absolute Gasteiger partial charge is 0.486 e. The van der Waals surface area contributed by atoms with Crippen molar-refractivity contribution in [1.82, 2.24) is 0 Å². The van der Waals surface area contributed by atoms with E-state index < -0.39 is 11.2 Å². The van der Waals surface area contributed by atoms with Gasteiger partial charge in [-0.15, -0.1) is 0 Å². The topological polar surface area (TPSA) is 26.3 Å². The Morgan fingerprint density at radius 2 is 1.82 bits per heavy atom. The Bertz CT molecular complexity index is 688. The van der Waals surface area contributed by atoms with Crippen molar-refractivity contribution in [2.45, 2.75) is 27.4 Å². The first kappa shape index (κ1) is 16.1. The zero-order valence-corrected chi connectivity index (χ0v) is 12.8. The highest BCUT2D eigenvalue weighted by atomic mass is 19.1. The zero-order chi connectivity index (χ0) is 16.3. The minimum atomic E-state index is -0.605. The van der Waals surface area contributed by atoms with Crippen LogP contribution in [-0.2, 0) is 6.61 Å². The second-order valence-corrected chi connectivity index (χ2v) is 6.14. The number of ether oxygens (including phenoxy) is 1. The van der Waals surface area contributed by atoms with E-state index in [1.165, 1.54) is 30.3 Å². The van der Waals surface area contributed by atoms with Crippen molar-refractivity contribution in [2.24, 2.45) is 5.41 Å². The van der Waals surface area contributed by atoms with Gasteiger partial charge in [0.1, 0.15) is 12.4 Å². The molecular formula is C18H18F2O2. The number of rotatable bonds is 4. The van der Waals surface area contributed by atoms with Crippen LogP contribution in [0.3, 0.4) is 0 Å². The Morgan fingerprint density at radius 1 is 1.09 bits per heavy atom. The summed E-state index contributed by atoms with van der Waals surface area (Å²) in [5.41, 5.74) is 0.341. The molecule has 0 heterocycles. The lowest BCUT2D eigenvalue weighted by Gasteiger charge is -2.17. The molecule has 0 aliphatic carbocycles. The fraction of sp³-hybridized carbons (Fsp3) is 0.278. The highest BCUT2D eigenvalue weighted by molar-refractivity contribution is 5.99. The van der Waals surface area contributed by atoms with E-state index in [9.17, 15) is 13.6 Å². The molecule has 2 nitrogen and oxygen atoms in total. The van der Waals surface area contributed by atoms with Gasteiger partial charge in [0.25, 0.3) is 0 Å². The summed E-state index contributed by atoms with van der Waals surface area (Å²) in [5, 5.41) is 0. The van der Waals surface area contributed by atoms with E-state index in [1.54, 1.807) is 32.9 Å². The molecule has 116 valence electrons. The lowest BCUT2D eigenvalue weighted by Crippen LogP contribution is -2.20. The van der Waals surface area contributed by atoms with Crippen molar-refractivity contribution in [3.05, 3.63) is 65.2 Å². The van der Waals surface area contributed by atoms with E-state index >= 15 is 0 Å². The summed E-state index contributed by atoms with van der Waals surface area (Å²) >= 11 is 0. The molecule has 0 N–H and O–H groups in total. The molecule has 0 radical (unpaired) electrons. The van der Waals surface area contributed by atoms with Crippen molar-refractivity contribution in [3.8, 4) is 5.75 Å². The van der Waals surface area contributed by atoms with Crippen molar-refractivity contribution in [2.75, 3.05) is 0 Å². The van der Waals surface area contributed by atoms with Gasteiger partial charge in [-0.1, -0.05) is 32.9 Å². The highest BCUT2D eigenvalue weighted by Crippen LogP contribution is 2.25.